The van der Waals surface area contributed by atoms with E-state index in [0.717, 1.165) is 18.4 Å². The molecule has 32 heavy (non-hydrogen) atoms. The Kier molecular flexibility index (Phi) is 18.6. The van der Waals surface area contributed by atoms with Crippen LogP contribution >= 0.6 is 11.6 Å². The lowest BCUT2D eigenvalue weighted by Gasteiger charge is -2.15. The second-order valence-electron chi connectivity index (χ2n) is 9.17. The molecule has 1 atom stereocenters. The van der Waals surface area contributed by atoms with E-state index in [4.69, 9.17) is 21.6 Å². The van der Waals surface area contributed by atoms with Gasteiger partial charge in [0, 0.05) is 5.02 Å². The van der Waals surface area contributed by atoms with Crippen LogP contribution in [-0.4, -0.2) is 17.8 Å². The maximum Gasteiger partial charge on any atom is 0.0992 e. The van der Waals surface area contributed by atoms with Crippen molar-refractivity contribution >= 4 is 11.6 Å². The quantitative estimate of drug-likeness (QED) is 0.185. The molecule has 1 aromatic rings. The molecule has 3 nitrogen and oxygen atoms in total. The fourth-order valence-electron chi connectivity index (χ4n) is 4.16. The van der Waals surface area contributed by atoms with Crippen molar-refractivity contribution in [3.63, 3.8) is 0 Å². The van der Waals surface area contributed by atoms with Crippen molar-refractivity contribution in [1.29, 1.82) is 5.26 Å². The lowest BCUT2D eigenvalue weighted by molar-refractivity contribution is -0.00349. The molecule has 1 aromatic carbocycles. The highest BCUT2D eigenvalue weighted by Crippen LogP contribution is 2.18. The van der Waals surface area contributed by atoms with Crippen molar-refractivity contribution < 1.29 is 9.84 Å². The average molecular weight is 464 g/mol. The van der Waals surface area contributed by atoms with Gasteiger partial charge < -0.3 is 9.84 Å². The van der Waals surface area contributed by atoms with E-state index in [1.165, 1.54) is 96.3 Å². The van der Waals surface area contributed by atoms with E-state index in [2.05, 4.69) is 13.0 Å². The molecular weight excluding hydrogens is 418 g/mol. The van der Waals surface area contributed by atoms with Gasteiger partial charge >= 0.3 is 0 Å². The number of halogens is 1. The Balaban J connectivity index is 1.93. The van der Waals surface area contributed by atoms with Gasteiger partial charge in [0.05, 0.1) is 31.0 Å². The molecule has 0 aliphatic heterocycles. The van der Waals surface area contributed by atoms with Crippen LogP contribution in [0.1, 0.15) is 127 Å². The van der Waals surface area contributed by atoms with Crippen molar-refractivity contribution in [2.24, 2.45) is 0 Å². The molecule has 182 valence electrons. The molecule has 0 saturated carbocycles. The van der Waals surface area contributed by atoms with Crippen LogP contribution in [-0.2, 0) is 11.3 Å². The van der Waals surface area contributed by atoms with Crippen LogP contribution in [0, 0.1) is 11.3 Å². The van der Waals surface area contributed by atoms with Gasteiger partial charge in [0.15, 0.2) is 0 Å². The molecular formula is C28H46ClNO2. The summed E-state index contributed by atoms with van der Waals surface area (Å²) in [6.45, 7) is 2.69. The number of hydrogen-bond acceptors (Lipinski definition) is 3. The summed E-state index contributed by atoms with van der Waals surface area (Å²) in [6, 6.07) is 7.35. The predicted molar refractivity (Wildman–Crippen MR) is 136 cm³/mol. The highest BCUT2D eigenvalue weighted by molar-refractivity contribution is 6.30. The number of nitriles is 1. The molecule has 0 spiro atoms. The van der Waals surface area contributed by atoms with E-state index in [9.17, 15) is 5.11 Å². The number of ether oxygens (including phenoxy) is 1. The zero-order chi connectivity index (χ0) is 23.3. The Bertz CT molecular complexity index is 614. The molecule has 0 bridgehead atoms. The van der Waals surface area contributed by atoms with E-state index in [1.807, 2.05) is 6.07 Å². The molecule has 0 saturated heterocycles. The first-order chi connectivity index (χ1) is 15.7. The predicted octanol–water partition coefficient (Wildman–Crippen LogP) is 8.74. The first-order valence-electron chi connectivity index (χ1n) is 13.1. The van der Waals surface area contributed by atoms with Crippen LogP contribution in [0.5, 0.6) is 0 Å². The highest BCUT2D eigenvalue weighted by Gasteiger charge is 2.09. The van der Waals surface area contributed by atoms with Crippen LogP contribution in [0.3, 0.4) is 0 Å². The summed E-state index contributed by atoms with van der Waals surface area (Å²) in [6.07, 6.45) is 22.5. The number of aliphatic hydroxyl groups is 1. The maximum atomic E-state index is 9.58. The molecule has 0 fully saturated rings. The SMILES string of the molecule is CCCCCCCCCCCCCCCCCCC(CO)OCc1cc(Cl)cc(C#N)c1. The van der Waals surface area contributed by atoms with E-state index in [1.54, 1.807) is 12.1 Å². The normalized spacial score (nSPS) is 12.1. The standard InChI is InChI=1S/C28H46ClNO2/c1-2-3-4-5-6-7-8-9-10-11-12-13-14-15-16-17-18-28(23-31)32-24-26-19-25(22-30)20-27(29)21-26/h19-21,28,31H,2-18,23-24H2,1H3. The first kappa shape index (κ1) is 29.0. The summed E-state index contributed by atoms with van der Waals surface area (Å²) in [4.78, 5) is 0. The number of benzene rings is 1. The van der Waals surface area contributed by atoms with Gasteiger partial charge in [0.1, 0.15) is 0 Å². The Morgan fingerprint density at radius 1 is 0.812 bits per heavy atom. The van der Waals surface area contributed by atoms with Gasteiger partial charge in [-0.2, -0.15) is 5.26 Å². The van der Waals surface area contributed by atoms with Crippen molar-refractivity contribution in [1.82, 2.24) is 0 Å². The molecule has 0 aliphatic carbocycles. The van der Waals surface area contributed by atoms with Crippen LogP contribution in [0.4, 0.5) is 0 Å². The van der Waals surface area contributed by atoms with Crippen molar-refractivity contribution in [3.05, 3.63) is 34.3 Å². The van der Waals surface area contributed by atoms with Gasteiger partial charge in [0.2, 0.25) is 0 Å². The van der Waals surface area contributed by atoms with Gasteiger partial charge in [-0.1, -0.05) is 121 Å². The van der Waals surface area contributed by atoms with Gasteiger partial charge in [-0.15, -0.1) is 0 Å². The highest BCUT2D eigenvalue weighted by atomic mass is 35.5. The number of aliphatic hydroxyl groups excluding tert-OH is 1. The third-order valence-electron chi connectivity index (χ3n) is 6.16. The molecule has 1 N–H and O–H groups in total. The van der Waals surface area contributed by atoms with Crippen LogP contribution < -0.4 is 0 Å². The second-order valence-corrected chi connectivity index (χ2v) is 9.60. The Labute approximate surface area is 202 Å². The van der Waals surface area contributed by atoms with Crippen molar-refractivity contribution in [2.45, 2.75) is 129 Å². The summed E-state index contributed by atoms with van der Waals surface area (Å²) in [7, 11) is 0. The minimum Gasteiger partial charge on any atom is -0.394 e. The third-order valence-corrected chi connectivity index (χ3v) is 6.37. The molecule has 1 rings (SSSR count). The van der Waals surface area contributed by atoms with E-state index >= 15 is 0 Å². The van der Waals surface area contributed by atoms with E-state index in [0.29, 0.717) is 17.2 Å². The van der Waals surface area contributed by atoms with Crippen molar-refractivity contribution in [2.75, 3.05) is 6.61 Å². The molecule has 1 unspecified atom stereocenters. The largest absolute Gasteiger partial charge is 0.394 e. The van der Waals surface area contributed by atoms with Crippen molar-refractivity contribution in [3.8, 4) is 6.07 Å². The molecule has 0 aliphatic rings. The Hall–Kier alpha value is -1.08. The zero-order valence-electron chi connectivity index (χ0n) is 20.4. The second kappa shape index (κ2) is 20.5. The fraction of sp³-hybridized carbons (Fsp3) is 0.750. The van der Waals surface area contributed by atoms with Gasteiger partial charge in [0.25, 0.3) is 0 Å². The maximum absolute atomic E-state index is 9.58. The third kappa shape index (κ3) is 15.7. The average Bonchev–Trinajstić information content (AvgIpc) is 2.80. The fourth-order valence-corrected chi connectivity index (χ4v) is 4.42. The molecule has 0 heterocycles. The van der Waals surface area contributed by atoms with Crippen LogP contribution in [0.25, 0.3) is 0 Å². The van der Waals surface area contributed by atoms with Crippen LogP contribution in [0.2, 0.25) is 5.02 Å². The molecule has 4 heteroatoms. The molecule has 0 radical (unpaired) electrons. The van der Waals surface area contributed by atoms with E-state index < -0.39 is 0 Å². The molecule has 0 amide bonds. The minimum atomic E-state index is -0.147. The summed E-state index contributed by atoms with van der Waals surface area (Å²) < 4.78 is 5.84. The number of rotatable bonds is 21. The Morgan fingerprint density at radius 2 is 1.31 bits per heavy atom. The van der Waals surface area contributed by atoms with Gasteiger partial charge in [-0.3, -0.25) is 0 Å². The minimum absolute atomic E-state index is 0.0322. The first-order valence-corrected chi connectivity index (χ1v) is 13.5. The lowest BCUT2D eigenvalue weighted by atomic mass is 10.0. The smallest absolute Gasteiger partial charge is 0.0992 e. The van der Waals surface area contributed by atoms with E-state index in [-0.39, 0.29) is 12.7 Å². The number of nitrogens with zero attached hydrogens (tertiary/aromatic N) is 1. The van der Waals surface area contributed by atoms with Gasteiger partial charge in [-0.25, -0.2) is 0 Å². The lowest BCUT2D eigenvalue weighted by Crippen LogP contribution is -2.17. The topological polar surface area (TPSA) is 53.2 Å². The number of unbranched alkanes of at least 4 members (excludes halogenated alkanes) is 15. The zero-order valence-corrected chi connectivity index (χ0v) is 21.2. The summed E-state index contributed by atoms with van der Waals surface area (Å²) in [5, 5.41) is 19.2. The summed E-state index contributed by atoms with van der Waals surface area (Å²) in [5.41, 5.74) is 1.41. The summed E-state index contributed by atoms with van der Waals surface area (Å²) in [5.74, 6) is 0. The summed E-state index contributed by atoms with van der Waals surface area (Å²) >= 11 is 6.03. The molecule has 0 aromatic heterocycles. The van der Waals surface area contributed by atoms with Gasteiger partial charge in [-0.05, 0) is 30.2 Å². The van der Waals surface area contributed by atoms with Crippen LogP contribution in [0.15, 0.2) is 18.2 Å². The monoisotopic (exact) mass is 463 g/mol. The Morgan fingerprint density at radius 3 is 1.78 bits per heavy atom. The number of hydrogen-bond donors (Lipinski definition) is 1.